The summed E-state index contributed by atoms with van der Waals surface area (Å²) >= 11 is 2.94. The summed E-state index contributed by atoms with van der Waals surface area (Å²) in [7, 11) is 0. The Morgan fingerprint density at radius 2 is 2.21 bits per heavy atom. The van der Waals surface area contributed by atoms with E-state index in [0.717, 1.165) is 5.56 Å². The minimum absolute atomic E-state index is 0.0884. The molecule has 124 valence electrons. The quantitative estimate of drug-likeness (QED) is 0.542. The lowest BCUT2D eigenvalue weighted by Gasteiger charge is -2.11. The van der Waals surface area contributed by atoms with Crippen LogP contribution in [-0.2, 0) is 11.3 Å². The number of amides is 1. The van der Waals surface area contributed by atoms with E-state index in [1.54, 1.807) is 25.2 Å². The smallest absolute Gasteiger partial charge is 0.251 e. The van der Waals surface area contributed by atoms with Crippen molar-refractivity contribution in [3.8, 4) is 0 Å². The first-order valence-electron chi connectivity index (χ1n) is 7.50. The Morgan fingerprint density at radius 3 is 3.00 bits per heavy atom. The third kappa shape index (κ3) is 4.04. The lowest BCUT2D eigenvalue weighted by Crippen LogP contribution is -2.30. The van der Waals surface area contributed by atoms with E-state index >= 15 is 0 Å². The summed E-state index contributed by atoms with van der Waals surface area (Å²) in [6.07, 6.45) is 0. The van der Waals surface area contributed by atoms with Gasteiger partial charge in [-0.1, -0.05) is 17.8 Å². The summed E-state index contributed by atoms with van der Waals surface area (Å²) in [6, 6.07) is 9.68. The van der Waals surface area contributed by atoms with Crippen LogP contribution in [0.1, 0.15) is 18.2 Å². The van der Waals surface area contributed by atoms with Gasteiger partial charge >= 0.3 is 0 Å². The maximum absolute atomic E-state index is 12.3. The molecule has 2 heterocycles. The number of rotatable bonds is 5. The molecule has 0 saturated heterocycles. The highest BCUT2D eigenvalue weighted by molar-refractivity contribution is 8.00. The van der Waals surface area contributed by atoms with E-state index in [4.69, 9.17) is 0 Å². The van der Waals surface area contributed by atoms with Crippen LogP contribution in [0.5, 0.6) is 0 Å². The molecular formula is C17H17N3O2S2. The average molecular weight is 359 g/mol. The molecule has 1 atom stereocenters. The Hall–Kier alpha value is -2.12. The summed E-state index contributed by atoms with van der Waals surface area (Å²) in [5.41, 5.74) is 1.49. The van der Waals surface area contributed by atoms with Crippen molar-refractivity contribution >= 4 is 39.1 Å². The number of benzene rings is 1. The third-order valence-corrected chi connectivity index (χ3v) is 5.37. The van der Waals surface area contributed by atoms with Crippen molar-refractivity contribution in [2.75, 3.05) is 0 Å². The van der Waals surface area contributed by atoms with Crippen molar-refractivity contribution in [3.05, 3.63) is 57.3 Å². The second-order valence-electron chi connectivity index (χ2n) is 5.46. The van der Waals surface area contributed by atoms with Crippen molar-refractivity contribution in [2.24, 2.45) is 0 Å². The van der Waals surface area contributed by atoms with Gasteiger partial charge in [-0.25, -0.2) is 4.98 Å². The second-order valence-corrected chi connectivity index (χ2v) is 7.74. The molecule has 0 aliphatic rings. The topological polar surface area (TPSA) is 74.8 Å². The van der Waals surface area contributed by atoms with Crippen LogP contribution >= 0.6 is 23.1 Å². The molecule has 3 rings (SSSR count). The molecule has 0 aliphatic heterocycles. The summed E-state index contributed by atoms with van der Waals surface area (Å²) in [5, 5.41) is 6.29. The Kier molecular flexibility index (Phi) is 5.01. The molecule has 0 aliphatic carbocycles. The normalized spacial score (nSPS) is 12.2. The first-order valence-corrected chi connectivity index (χ1v) is 9.25. The number of hydrogen-bond donors (Lipinski definition) is 2. The van der Waals surface area contributed by atoms with Gasteiger partial charge in [-0.3, -0.25) is 9.59 Å². The molecule has 3 aromatic rings. The first kappa shape index (κ1) is 16.7. The maximum atomic E-state index is 12.3. The number of nitrogens with zero attached hydrogens (tertiary/aromatic N) is 1. The monoisotopic (exact) mass is 359 g/mol. The number of H-pyrrole nitrogens is 1. The number of thiophene rings is 1. The van der Waals surface area contributed by atoms with Crippen LogP contribution in [0.15, 0.2) is 45.7 Å². The van der Waals surface area contributed by atoms with Gasteiger partial charge in [-0.2, -0.15) is 0 Å². The van der Waals surface area contributed by atoms with E-state index in [-0.39, 0.29) is 16.7 Å². The molecule has 0 bridgehead atoms. The number of aromatic nitrogens is 2. The number of carbonyl (C=O) groups excluding carboxylic acids is 1. The molecule has 5 nitrogen and oxygen atoms in total. The molecule has 0 spiro atoms. The Balaban J connectivity index is 1.60. The van der Waals surface area contributed by atoms with Crippen LogP contribution < -0.4 is 10.9 Å². The number of fused-ring (bicyclic) bond motifs is 1. The van der Waals surface area contributed by atoms with Gasteiger partial charge in [0.2, 0.25) is 5.91 Å². The molecule has 0 radical (unpaired) electrons. The van der Waals surface area contributed by atoms with E-state index < -0.39 is 0 Å². The molecule has 24 heavy (non-hydrogen) atoms. The van der Waals surface area contributed by atoms with Gasteiger partial charge in [0.05, 0.1) is 5.25 Å². The predicted molar refractivity (Wildman–Crippen MR) is 98.6 cm³/mol. The summed E-state index contributed by atoms with van der Waals surface area (Å²) in [4.78, 5) is 30.6. The predicted octanol–water partition coefficient (Wildman–Crippen LogP) is 3.09. The van der Waals surface area contributed by atoms with Crippen molar-refractivity contribution in [1.82, 2.24) is 15.3 Å². The molecule has 1 aromatic carbocycles. The van der Waals surface area contributed by atoms with Gasteiger partial charge in [0, 0.05) is 23.0 Å². The van der Waals surface area contributed by atoms with E-state index in [2.05, 4.69) is 38.9 Å². The zero-order valence-electron chi connectivity index (χ0n) is 13.3. The van der Waals surface area contributed by atoms with Crippen LogP contribution in [0.2, 0.25) is 0 Å². The summed E-state index contributed by atoms with van der Waals surface area (Å²) < 4.78 is 1.24. The van der Waals surface area contributed by atoms with Gasteiger partial charge < -0.3 is 10.3 Å². The van der Waals surface area contributed by atoms with Gasteiger partial charge in [-0.15, -0.1) is 11.3 Å². The van der Waals surface area contributed by atoms with Crippen LogP contribution in [0.4, 0.5) is 0 Å². The minimum atomic E-state index is -0.347. The molecule has 0 fully saturated rings. The Labute approximate surface area is 147 Å². The van der Waals surface area contributed by atoms with Crippen molar-refractivity contribution < 1.29 is 4.79 Å². The van der Waals surface area contributed by atoms with Crippen LogP contribution in [-0.4, -0.2) is 21.1 Å². The summed E-state index contributed by atoms with van der Waals surface area (Å²) in [6.45, 7) is 4.03. The molecule has 2 N–H and O–H groups in total. The lowest BCUT2D eigenvalue weighted by molar-refractivity contribution is -0.120. The fraction of sp³-hybridized carbons (Fsp3) is 0.235. The molecule has 2 aromatic heterocycles. The molecule has 7 heteroatoms. The number of carbonyl (C=O) groups is 1. The number of hydrogen-bond acceptors (Lipinski definition) is 5. The molecular weight excluding hydrogens is 342 g/mol. The highest BCUT2D eigenvalue weighted by Crippen LogP contribution is 2.22. The standard InChI is InChI=1S/C17H17N3O2S2/c1-10-7-15(21)20-17(19-10)24-11(2)16(22)18-9-12-3-4-14-13(8-12)5-6-23-14/h3-8,11H,9H2,1-2H3,(H,18,22)(H,19,20,21). The number of thioether (sulfide) groups is 1. The zero-order valence-corrected chi connectivity index (χ0v) is 15.0. The highest BCUT2D eigenvalue weighted by Gasteiger charge is 2.15. The Bertz CT molecular complexity index is 933. The van der Waals surface area contributed by atoms with Crippen LogP contribution in [0, 0.1) is 6.92 Å². The fourth-order valence-electron chi connectivity index (χ4n) is 2.29. The minimum Gasteiger partial charge on any atom is -0.351 e. The lowest BCUT2D eigenvalue weighted by atomic mass is 10.1. The SMILES string of the molecule is Cc1cc(=O)[nH]c(SC(C)C(=O)NCc2ccc3sccc3c2)n1. The largest absolute Gasteiger partial charge is 0.351 e. The average Bonchev–Trinajstić information content (AvgIpc) is 2.99. The van der Waals surface area contributed by atoms with Crippen molar-refractivity contribution in [1.29, 1.82) is 0 Å². The number of aromatic amines is 1. The van der Waals surface area contributed by atoms with Gasteiger partial charge in [0.1, 0.15) is 0 Å². The van der Waals surface area contributed by atoms with Crippen molar-refractivity contribution in [2.45, 2.75) is 30.8 Å². The van der Waals surface area contributed by atoms with E-state index in [1.807, 2.05) is 6.07 Å². The first-order chi connectivity index (χ1) is 11.5. The molecule has 1 amide bonds. The molecule has 0 saturated carbocycles. The highest BCUT2D eigenvalue weighted by atomic mass is 32.2. The maximum Gasteiger partial charge on any atom is 0.251 e. The number of nitrogens with one attached hydrogen (secondary N) is 2. The van der Waals surface area contributed by atoms with Crippen LogP contribution in [0.25, 0.3) is 10.1 Å². The molecule has 1 unspecified atom stereocenters. The summed E-state index contributed by atoms with van der Waals surface area (Å²) in [5.74, 6) is -0.0884. The van der Waals surface area contributed by atoms with Gasteiger partial charge in [0.25, 0.3) is 5.56 Å². The number of aryl methyl sites for hydroxylation is 1. The zero-order chi connectivity index (χ0) is 17.1. The second kappa shape index (κ2) is 7.19. The third-order valence-electron chi connectivity index (χ3n) is 3.49. The van der Waals surface area contributed by atoms with E-state index in [0.29, 0.717) is 17.4 Å². The van der Waals surface area contributed by atoms with Crippen molar-refractivity contribution in [3.63, 3.8) is 0 Å². The van der Waals surface area contributed by atoms with Gasteiger partial charge in [-0.05, 0) is 48.4 Å². The Morgan fingerprint density at radius 1 is 1.38 bits per heavy atom. The van der Waals surface area contributed by atoms with Gasteiger partial charge in [0.15, 0.2) is 5.16 Å². The van der Waals surface area contributed by atoms with E-state index in [9.17, 15) is 9.59 Å². The van der Waals surface area contributed by atoms with Crippen LogP contribution in [0.3, 0.4) is 0 Å². The fourth-order valence-corrected chi connectivity index (χ4v) is 3.94. The van der Waals surface area contributed by atoms with E-state index in [1.165, 1.54) is 27.9 Å².